The lowest BCUT2D eigenvalue weighted by molar-refractivity contribution is -0.0451. The Kier molecular flexibility index (Phi) is 7.61. The second-order valence-electron chi connectivity index (χ2n) is 19.2. The zero-order valence-corrected chi connectivity index (χ0v) is 33.4. The molecule has 12 rings (SSSR count). The highest BCUT2D eigenvalue weighted by molar-refractivity contribution is 5.86. The number of anilines is 3. The molecule has 6 aromatic carbocycles. The first-order valence-electron chi connectivity index (χ1n) is 21.3. The summed E-state index contributed by atoms with van der Waals surface area (Å²) in [5.74, 6) is 5.07. The van der Waals surface area contributed by atoms with E-state index >= 15 is 0 Å². The van der Waals surface area contributed by atoms with E-state index in [9.17, 15) is 0 Å². The summed E-state index contributed by atoms with van der Waals surface area (Å²) in [5, 5.41) is 0. The Bertz CT molecular complexity index is 2430. The van der Waals surface area contributed by atoms with E-state index in [-0.39, 0.29) is 16.2 Å². The molecule has 0 N–H and O–H groups in total. The van der Waals surface area contributed by atoms with Crippen LogP contribution in [-0.2, 0) is 16.2 Å². The van der Waals surface area contributed by atoms with Gasteiger partial charge in [0.15, 0.2) is 5.75 Å². The SMILES string of the molecule is CC1(C)CCC(C)(C)c2cc(N(c3ccc(-c4ccccc4)cc3)c3cccc4c3Oc3c(-c5ccccc5)cccc3C43C4CC5CC(C4)CC3C5)ccc21. The lowest BCUT2D eigenvalue weighted by atomic mass is 9.41. The molecule has 280 valence electrons. The van der Waals surface area contributed by atoms with Gasteiger partial charge in [0.1, 0.15) is 5.75 Å². The van der Waals surface area contributed by atoms with Gasteiger partial charge in [0.25, 0.3) is 0 Å². The molecule has 1 heterocycles. The average molecular weight is 732 g/mol. The number of nitrogens with zero attached hydrogens (tertiary/aromatic N) is 1. The van der Waals surface area contributed by atoms with Crippen molar-refractivity contribution < 1.29 is 4.74 Å². The molecule has 6 aliphatic rings. The summed E-state index contributed by atoms with van der Waals surface area (Å²) in [4.78, 5) is 2.52. The highest BCUT2D eigenvalue weighted by Crippen LogP contribution is 2.70. The maximum atomic E-state index is 7.59. The van der Waals surface area contributed by atoms with Gasteiger partial charge in [0, 0.05) is 33.5 Å². The van der Waals surface area contributed by atoms with Crippen LogP contribution in [0.4, 0.5) is 17.1 Å². The fourth-order valence-corrected chi connectivity index (χ4v) is 12.6. The molecule has 56 heavy (non-hydrogen) atoms. The molecule has 2 nitrogen and oxygen atoms in total. The Morgan fingerprint density at radius 3 is 1.68 bits per heavy atom. The molecule has 4 fully saturated rings. The average Bonchev–Trinajstić information content (AvgIpc) is 3.22. The summed E-state index contributed by atoms with van der Waals surface area (Å²) in [6.45, 7) is 9.73. The molecule has 4 bridgehead atoms. The number of fused-ring (bicyclic) bond motifs is 3. The minimum Gasteiger partial charge on any atom is -0.454 e. The molecule has 0 amide bonds. The lowest BCUT2D eigenvalue weighted by Gasteiger charge is -2.63. The van der Waals surface area contributed by atoms with E-state index in [2.05, 4.69) is 172 Å². The van der Waals surface area contributed by atoms with Crippen molar-refractivity contribution in [1.82, 2.24) is 0 Å². The van der Waals surface area contributed by atoms with E-state index in [4.69, 9.17) is 4.74 Å². The normalized spacial score (nSPS) is 25.9. The minimum absolute atomic E-state index is 0.0676. The van der Waals surface area contributed by atoms with Gasteiger partial charge in [-0.15, -0.1) is 0 Å². The fourth-order valence-electron chi connectivity index (χ4n) is 12.6. The van der Waals surface area contributed by atoms with Crippen LogP contribution in [0.3, 0.4) is 0 Å². The predicted octanol–water partition coefficient (Wildman–Crippen LogP) is 14.7. The number of ether oxygens (including phenoxy) is 1. The third-order valence-electron chi connectivity index (χ3n) is 15.2. The smallest absolute Gasteiger partial charge is 0.155 e. The monoisotopic (exact) mass is 731 g/mol. The van der Waals surface area contributed by atoms with Crippen molar-refractivity contribution in [3.63, 3.8) is 0 Å². The lowest BCUT2D eigenvalue weighted by Crippen LogP contribution is -2.57. The van der Waals surface area contributed by atoms with Crippen LogP contribution in [0.15, 0.2) is 140 Å². The number of hydrogen-bond donors (Lipinski definition) is 0. The van der Waals surface area contributed by atoms with Crippen LogP contribution in [0.1, 0.15) is 94.9 Å². The van der Waals surface area contributed by atoms with Crippen molar-refractivity contribution in [1.29, 1.82) is 0 Å². The summed E-state index contributed by atoms with van der Waals surface area (Å²) in [6, 6.07) is 52.4. The van der Waals surface area contributed by atoms with Gasteiger partial charge >= 0.3 is 0 Å². The number of benzene rings is 6. The van der Waals surface area contributed by atoms with Crippen LogP contribution >= 0.6 is 0 Å². The van der Waals surface area contributed by atoms with Crippen LogP contribution in [-0.4, -0.2) is 0 Å². The molecule has 0 saturated heterocycles. The second-order valence-corrected chi connectivity index (χ2v) is 19.2. The van der Waals surface area contributed by atoms with Crippen molar-refractivity contribution in [2.75, 3.05) is 4.90 Å². The number of para-hydroxylation sites is 2. The third kappa shape index (κ3) is 5.07. The largest absolute Gasteiger partial charge is 0.454 e. The summed E-state index contributed by atoms with van der Waals surface area (Å²) >= 11 is 0. The van der Waals surface area contributed by atoms with Gasteiger partial charge in [-0.2, -0.15) is 0 Å². The van der Waals surface area contributed by atoms with Crippen LogP contribution in [0.25, 0.3) is 22.3 Å². The van der Waals surface area contributed by atoms with E-state index in [0.717, 1.165) is 34.7 Å². The van der Waals surface area contributed by atoms with Crippen LogP contribution in [0, 0.1) is 23.7 Å². The Balaban J connectivity index is 1.16. The Hall–Kier alpha value is -5.08. The van der Waals surface area contributed by atoms with Crippen molar-refractivity contribution in [2.24, 2.45) is 23.7 Å². The van der Waals surface area contributed by atoms with Gasteiger partial charge in [0.2, 0.25) is 0 Å². The minimum atomic E-state index is -0.0676. The van der Waals surface area contributed by atoms with Gasteiger partial charge < -0.3 is 9.64 Å². The van der Waals surface area contributed by atoms with Gasteiger partial charge in [-0.05, 0) is 138 Å². The summed E-state index contributed by atoms with van der Waals surface area (Å²) in [6.07, 6.45) is 9.11. The Morgan fingerprint density at radius 2 is 1.02 bits per heavy atom. The molecular formula is C54H53NO. The van der Waals surface area contributed by atoms with Crippen LogP contribution < -0.4 is 9.64 Å². The second kappa shape index (κ2) is 12.5. The summed E-state index contributed by atoms with van der Waals surface area (Å²) in [5.41, 5.74) is 14.3. The van der Waals surface area contributed by atoms with Crippen molar-refractivity contribution >= 4 is 17.1 Å². The molecule has 0 unspecified atom stereocenters. The molecule has 0 atom stereocenters. The maximum absolute atomic E-state index is 7.59. The Morgan fingerprint density at radius 1 is 0.464 bits per heavy atom. The van der Waals surface area contributed by atoms with E-state index < -0.39 is 0 Å². The topological polar surface area (TPSA) is 12.5 Å². The zero-order chi connectivity index (χ0) is 37.8. The third-order valence-corrected chi connectivity index (χ3v) is 15.2. The van der Waals surface area contributed by atoms with E-state index in [1.807, 2.05) is 0 Å². The van der Waals surface area contributed by atoms with Gasteiger partial charge in [-0.1, -0.05) is 137 Å². The number of hydrogen-bond acceptors (Lipinski definition) is 2. The standard InChI is InChI=1S/C54H53NO/c1-52(2)27-28-53(3,4)48-34-43(25-26-45(48)52)55(42-23-21-38(22-24-42)37-13-7-5-8-14-37)49-20-12-19-47-51(49)56-50-44(39-15-9-6-10-16-39)17-11-18-46(50)54(47)40-30-35-29-36(32-40)33-41(54)31-35/h5-26,34-36,40-41H,27-33H2,1-4H3. The van der Waals surface area contributed by atoms with Crippen molar-refractivity contribution in [2.45, 2.75) is 88.9 Å². The summed E-state index contributed by atoms with van der Waals surface area (Å²) in [7, 11) is 0. The van der Waals surface area contributed by atoms with Gasteiger partial charge in [-0.3, -0.25) is 0 Å². The fraction of sp³-hybridized carbons (Fsp3) is 0.333. The predicted molar refractivity (Wildman–Crippen MR) is 232 cm³/mol. The van der Waals surface area contributed by atoms with Crippen molar-refractivity contribution in [3.05, 3.63) is 162 Å². The van der Waals surface area contributed by atoms with Gasteiger partial charge in [-0.25, -0.2) is 0 Å². The molecule has 5 aliphatic carbocycles. The first-order chi connectivity index (χ1) is 27.2. The Labute approximate surface area is 333 Å². The first-order valence-corrected chi connectivity index (χ1v) is 21.3. The summed E-state index contributed by atoms with van der Waals surface area (Å²) < 4.78 is 7.59. The van der Waals surface area contributed by atoms with E-state index in [0.29, 0.717) is 11.8 Å². The molecule has 1 spiro atoms. The molecule has 4 saturated carbocycles. The van der Waals surface area contributed by atoms with Crippen molar-refractivity contribution in [3.8, 4) is 33.8 Å². The van der Waals surface area contributed by atoms with Gasteiger partial charge in [0.05, 0.1) is 5.69 Å². The van der Waals surface area contributed by atoms with Crippen LogP contribution in [0.2, 0.25) is 0 Å². The molecule has 2 heteroatoms. The maximum Gasteiger partial charge on any atom is 0.155 e. The highest BCUT2D eigenvalue weighted by atomic mass is 16.5. The molecule has 0 radical (unpaired) electrons. The zero-order valence-electron chi connectivity index (χ0n) is 33.4. The van der Waals surface area contributed by atoms with E-state index in [1.54, 1.807) is 0 Å². The molecular weight excluding hydrogens is 679 g/mol. The number of rotatable bonds is 5. The van der Waals surface area contributed by atoms with Crippen LogP contribution in [0.5, 0.6) is 11.5 Å². The van der Waals surface area contributed by atoms with E-state index in [1.165, 1.54) is 95.1 Å². The molecule has 1 aliphatic heterocycles. The quantitative estimate of drug-likeness (QED) is 0.175. The molecule has 0 aromatic heterocycles. The highest BCUT2D eigenvalue weighted by Gasteiger charge is 2.61. The molecule has 6 aromatic rings. The first kappa shape index (κ1) is 34.2.